The van der Waals surface area contributed by atoms with E-state index >= 15 is 0 Å². The van der Waals surface area contributed by atoms with Crippen molar-refractivity contribution in [1.29, 1.82) is 0 Å². The Morgan fingerprint density at radius 1 is 1.12 bits per heavy atom. The van der Waals surface area contributed by atoms with Crippen LogP contribution in [0, 0.1) is 0 Å². The van der Waals surface area contributed by atoms with E-state index in [2.05, 4.69) is 4.90 Å². The number of hydrogen-bond donors (Lipinski definition) is 1. The average Bonchev–Trinajstić information content (AvgIpc) is 3.35. The maximum atomic E-state index is 11.8. The number of carbonyl (C=O) groups excluding carboxylic acids is 1. The molecule has 2 aromatic carbocycles. The van der Waals surface area contributed by atoms with E-state index in [9.17, 15) is 9.90 Å². The molecule has 0 radical (unpaired) electrons. The Hall–Kier alpha value is -2.81. The maximum Gasteiger partial charge on any atom is 0.203 e. The first kappa shape index (κ1) is 25.8. The summed E-state index contributed by atoms with van der Waals surface area (Å²) in [6.45, 7) is 3.94. The third-order valence-electron chi connectivity index (χ3n) is 5.78. The summed E-state index contributed by atoms with van der Waals surface area (Å²) in [6, 6.07) is 10.9. The van der Waals surface area contributed by atoms with Gasteiger partial charge in [0.15, 0.2) is 17.3 Å². The maximum absolute atomic E-state index is 11.8. The van der Waals surface area contributed by atoms with Crippen LogP contribution in [0.15, 0.2) is 36.4 Å². The fraction of sp³-hybridized carbons (Fsp3) is 0.500. The highest BCUT2D eigenvalue weighted by atomic mass is 16.5. The van der Waals surface area contributed by atoms with Crippen LogP contribution in [0.2, 0.25) is 0 Å². The SMILES string of the molecule is COc1cc(CN(CC(O)COc2ccccc2C(C)=O)CC2CCCO2)cc(OC)c1OC. The van der Waals surface area contributed by atoms with Gasteiger partial charge in [0, 0.05) is 26.2 Å². The predicted molar refractivity (Wildman–Crippen MR) is 128 cm³/mol. The van der Waals surface area contributed by atoms with Crippen molar-refractivity contribution in [3.05, 3.63) is 47.5 Å². The number of hydrogen-bond acceptors (Lipinski definition) is 8. The molecular formula is C26H35NO7. The first-order valence-electron chi connectivity index (χ1n) is 11.5. The van der Waals surface area contributed by atoms with Crippen molar-refractivity contribution >= 4 is 5.78 Å². The molecule has 1 aliphatic heterocycles. The Balaban J connectivity index is 1.71. The lowest BCUT2D eigenvalue weighted by molar-refractivity contribution is 0.0311. The number of methoxy groups -OCH3 is 3. The molecule has 0 saturated carbocycles. The fourth-order valence-corrected chi connectivity index (χ4v) is 4.18. The van der Waals surface area contributed by atoms with Crippen LogP contribution in [0.3, 0.4) is 0 Å². The number of ketones is 1. The topological polar surface area (TPSA) is 86.7 Å². The second-order valence-corrected chi connectivity index (χ2v) is 8.38. The van der Waals surface area contributed by atoms with Crippen LogP contribution in [0.1, 0.15) is 35.7 Å². The Bertz CT molecular complexity index is 917. The number of aliphatic hydroxyl groups is 1. The molecule has 0 spiro atoms. The molecule has 1 fully saturated rings. The van der Waals surface area contributed by atoms with Crippen molar-refractivity contribution in [2.24, 2.45) is 0 Å². The van der Waals surface area contributed by atoms with Crippen molar-refractivity contribution < 1.29 is 33.6 Å². The molecule has 34 heavy (non-hydrogen) atoms. The summed E-state index contributed by atoms with van der Waals surface area (Å²) >= 11 is 0. The lowest BCUT2D eigenvalue weighted by Gasteiger charge is -2.28. The van der Waals surface area contributed by atoms with Gasteiger partial charge in [-0.3, -0.25) is 9.69 Å². The molecule has 186 valence electrons. The van der Waals surface area contributed by atoms with E-state index in [4.69, 9.17) is 23.7 Å². The van der Waals surface area contributed by atoms with Gasteiger partial charge in [-0.15, -0.1) is 0 Å². The number of carbonyl (C=O) groups is 1. The first-order valence-corrected chi connectivity index (χ1v) is 11.5. The Kier molecular flexibility index (Phi) is 9.56. The molecular weight excluding hydrogens is 438 g/mol. The van der Waals surface area contributed by atoms with Gasteiger partial charge < -0.3 is 28.8 Å². The zero-order chi connectivity index (χ0) is 24.5. The van der Waals surface area contributed by atoms with Gasteiger partial charge in [-0.2, -0.15) is 0 Å². The number of Topliss-reactive ketones (excluding diaryl/α,β-unsaturated/α-hetero) is 1. The van der Waals surface area contributed by atoms with Gasteiger partial charge in [-0.05, 0) is 49.6 Å². The van der Waals surface area contributed by atoms with Crippen LogP contribution in [-0.2, 0) is 11.3 Å². The summed E-state index contributed by atoms with van der Waals surface area (Å²) < 4.78 is 28.0. The van der Waals surface area contributed by atoms with E-state index in [1.165, 1.54) is 6.92 Å². The summed E-state index contributed by atoms with van der Waals surface area (Å²) in [5.41, 5.74) is 1.46. The number of aliphatic hydroxyl groups excluding tert-OH is 1. The van der Waals surface area contributed by atoms with E-state index in [0.717, 1.165) is 25.0 Å². The molecule has 3 rings (SSSR count). The summed E-state index contributed by atoms with van der Waals surface area (Å²) in [7, 11) is 4.75. The molecule has 8 nitrogen and oxygen atoms in total. The van der Waals surface area contributed by atoms with E-state index in [1.807, 2.05) is 18.2 Å². The highest BCUT2D eigenvalue weighted by Gasteiger charge is 2.23. The third-order valence-corrected chi connectivity index (χ3v) is 5.78. The molecule has 8 heteroatoms. The lowest BCUT2D eigenvalue weighted by atomic mass is 10.1. The van der Waals surface area contributed by atoms with Crippen LogP contribution < -0.4 is 18.9 Å². The quantitative estimate of drug-likeness (QED) is 0.444. The number of benzene rings is 2. The van der Waals surface area contributed by atoms with Crippen LogP contribution in [0.25, 0.3) is 0 Å². The molecule has 0 aromatic heterocycles. The van der Waals surface area contributed by atoms with Gasteiger partial charge in [0.2, 0.25) is 5.75 Å². The molecule has 0 bridgehead atoms. The molecule has 1 saturated heterocycles. The molecule has 1 aliphatic rings. The van der Waals surface area contributed by atoms with Gasteiger partial charge in [-0.1, -0.05) is 12.1 Å². The lowest BCUT2D eigenvalue weighted by Crippen LogP contribution is -2.39. The van der Waals surface area contributed by atoms with E-state index in [-0.39, 0.29) is 18.5 Å². The third kappa shape index (κ3) is 6.85. The molecule has 1 heterocycles. The largest absolute Gasteiger partial charge is 0.493 e. The number of para-hydroxylation sites is 1. The van der Waals surface area contributed by atoms with Crippen LogP contribution in [0.4, 0.5) is 0 Å². The normalized spacial score (nSPS) is 16.4. The van der Waals surface area contributed by atoms with E-state index in [1.54, 1.807) is 39.5 Å². The fourth-order valence-electron chi connectivity index (χ4n) is 4.18. The molecule has 2 atom stereocenters. The van der Waals surface area contributed by atoms with Gasteiger partial charge in [0.05, 0.1) is 33.0 Å². The summed E-state index contributed by atoms with van der Waals surface area (Å²) in [5, 5.41) is 10.8. The van der Waals surface area contributed by atoms with Crippen molar-refractivity contribution in [3.63, 3.8) is 0 Å². The number of rotatable bonds is 13. The predicted octanol–water partition coefficient (Wildman–Crippen LogP) is 3.34. The zero-order valence-corrected chi connectivity index (χ0v) is 20.4. The van der Waals surface area contributed by atoms with Crippen molar-refractivity contribution in [3.8, 4) is 23.0 Å². The zero-order valence-electron chi connectivity index (χ0n) is 20.4. The van der Waals surface area contributed by atoms with Crippen LogP contribution in [-0.4, -0.2) is 75.6 Å². The molecule has 0 aliphatic carbocycles. The Morgan fingerprint density at radius 2 is 1.82 bits per heavy atom. The summed E-state index contributed by atoms with van der Waals surface area (Å²) in [5.74, 6) is 2.10. The Morgan fingerprint density at radius 3 is 2.41 bits per heavy atom. The highest BCUT2D eigenvalue weighted by molar-refractivity contribution is 5.96. The molecule has 2 unspecified atom stereocenters. The molecule has 2 aromatic rings. The minimum Gasteiger partial charge on any atom is -0.493 e. The standard InChI is InChI=1S/C26H35NO7/c1-18(28)22-9-5-6-10-23(22)34-17-20(29)15-27(16-21-8-7-11-33-21)14-19-12-24(30-2)26(32-4)25(13-19)31-3/h5-6,9-10,12-13,20-21,29H,7-8,11,14-17H2,1-4H3. The van der Waals surface area contributed by atoms with Gasteiger partial charge in [-0.25, -0.2) is 0 Å². The minimum atomic E-state index is -0.761. The number of nitrogens with zero attached hydrogens (tertiary/aromatic N) is 1. The smallest absolute Gasteiger partial charge is 0.203 e. The minimum absolute atomic E-state index is 0.0710. The van der Waals surface area contributed by atoms with Gasteiger partial charge in [0.1, 0.15) is 18.5 Å². The van der Waals surface area contributed by atoms with Crippen molar-refractivity contribution in [2.75, 3.05) is 47.6 Å². The van der Waals surface area contributed by atoms with Crippen molar-refractivity contribution in [2.45, 2.75) is 38.5 Å². The number of ether oxygens (including phenoxy) is 5. The average molecular weight is 474 g/mol. The van der Waals surface area contributed by atoms with Crippen LogP contribution in [0.5, 0.6) is 23.0 Å². The van der Waals surface area contributed by atoms with Gasteiger partial charge in [0.25, 0.3) is 0 Å². The second-order valence-electron chi connectivity index (χ2n) is 8.38. The Labute approximate surface area is 201 Å². The first-order chi connectivity index (χ1) is 16.4. The van der Waals surface area contributed by atoms with E-state index in [0.29, 0.717) is 48.2 Å². The summed E-state index contributed by atoms with van der Waals surface area (Å²) in [4.78, 5) is 14.0. The molecule has 1 N–H and O–H groups in total. The highest BCUT2D eigenvalue weighted by Crippen LogP contribution is 2.38. The summed E-state index contributed by atoms with van der Waals surface area (Å²) in [6.07, 6.45) is 1.39. The van der Waals surface area contributed by atoms with Crippen molar-refractivity contribution in [1.82, 2.24) is 4.90 Å². The van der Waals surface area contributed by atoms with Gasteiger partial charge >= 0.3 is 0 Å². The second kappa shape index (κ2) is 12.6. The van der Waals surface area contributed by atoms with E-state index < -0.39 is 6.10 Å². The molecule has 0 amide bonds. The monoisotopic (exact) mass is 473 g/mol. The van der Waals surface area contributed by atoms with Crippen LogP contribution >= 0.6 is 0 Å².